The minimum absolute atomic E-state index is 0.0145. The van der Waals surface area contributed by atoms with Crippen LogP contribution in [0.1, 0.15) is 30.1 Å². The van der Waals surface area contributed by atoms with E-state index in [4.69, 9.17) is 0 Å². The molecular formula is C21H25N7O. The molecule has 1 aromatic carbocycles. The fourth-order valence-corrected chi connectivity index (χ4v) is 3.81. The molecule has 3 aromatic rings. The maximum Gasteiger partial charge on any atom is 0.317 e. The lowest BCUT2D eigenvalue weighted by atomic mass is 10.1. The van der Waals surface area contributed by atoms with Crippen LogP contribution in [0.4, 0.5) is 10.5 Å². The molecule has 1 aliphatic heterocycles. The minimum Gasteiger partial charge on any atom is -0.367 e. The second-order valence-electron chi connectivity index (χ2n) is 7.76. The molecule has 0 atom stereocenters. The zero-order valence-electron chi connectivity index (χ0n) is 16.4. The Hall–Kier alpha value is -3.16. The summed E-state index contributed by atoms with van der Waals surface area (Å²) in [7, 11) is 0. The van der Waals surface area contributed by atoms with Crippen LogP contribution in [-0.4, -0.2) is 63.5 Å². The number of nitrogens with zero attached hydrogens (tertiary/aromatic N) is 6. The van der Waals surface area contributed by atoms with Crippen LogP contribution >= 0.6 is 0 Å². The van der Waals surface area contributed by atoms with E-state index in [1.807, 2.05) is 39.9 Å². The van der Waals surface area contributed by atoms with Crippen LogP contribution in [0.2, 0.25) is 0 Å². The summed E-state index contributed by atoms with van der Waals surface area (Å²) in [4.78, 5) is 16.6. The maximum absolute atomic E-state index is 12.4. The predicted octanol–water partition coefficient (Wildman–Crippen LogP) is 2.08. The smallest absolute Gasteiger partial charge is 0.317 e. The number of amides is 2. The molecular weight excluding hydrogens is 366 g/mol. The molecule has 8 heteroatoms. The Kier molecular flexibility index (Phi) is 4.75. The van der Waals surface area contributed by atoms with Crippen LogP contribution in [0, 0.1) is 0 Å². The lowest BCUT2D eigenvalue weighted by molar-refractivity contribution is 0.194. The standard InChI is InChI=1S/C21H25N7O/c29-21(22-9-8-16-4-2-1-3-5-16)27-12-10-26(11-13-27)18-14-19-24-25-20(17-6-7-17)28(19)23-15-18/h1-5,14-15,17H,6-13H2,(H,22,29). The summed E-state index contributed by atoms with van der Waals surface area (Å²) in [6, 6.07) is 12.3. The number of fused-ring (bicyclic) bond motifs is 1. The second-order valence-corrected chi connectivity index (χ2v) is 7.76. The van der Waals surface area contributed by atoms with Crippen molar-refractivity contribution in [3.63, 3.8) is 0 Å². The molecule has 3 heterocycles. The number of nitrogens with one attached hydrogen (secondary N) is 1. The van der Waals surface area contributed by atoms with E-state index in [9.17, 15) is 4.79 Å². The van der Waals surface area contributed by atoms with E-state index in [-0.39, 0.29) is 6.03 Å². The summed E-state index contributed by atoms with van der Waals surface area (Å²) >= 11 is 0. The van der Waals surface area contributed by atoms with Crippen molar-refractivity contribution in [2.75, 3.05) is 37.6 Å². The molecule has 2 amide bonds. The number of aromatic nitrogens is 4. The van der Waals surface area contributed by atoms with Crippen molar-refractivity contribution in [3.05, 3.63) is 54.0 Å². The summed E-state index contributed by atoms with van der Waals surface area (Å²) in [5.74, 6) is 1.50. The van der Waals surface area contributed by atoms with Gasteiger partial charge < -0.3 is 15.1 Å². The number of hydrogen-bond acceptors (Lipinski definition) is 5. The first-order valence-electron chi connectivity index (χ1n) is 10.3. The Labute approximate surface area is 169 Å². The van der Waals surface area contributed by atoms with Crippen molar-refractivity contribution in [3.8, 4) is 0 Å². The second kappa shape index (κ2) is 7.69. The lowest BCUT2D eigenvalue weighted by Gasteiger charge is -2.35. The van der Waals surface area contributed by atoms with Gasteiger partial charge in [0.25, 0.3) is 0 Å². The van der Waals surface area contributed by atoms with Crippen molar-refractivity contribution >= 4 is 17.4 Å². The molecule has 8 nitrogen and oxygen atoms in total. The van der Waals surface area contributed by atoms with Gasteiger partial charge in [0.1, 0.15) is 0 Å². The van der Waals surface area contributed by atoms with E-state index < -0.39 is 0 Å². The molecule has 0 unspecified atom stereocenters. The van der Waals surface area contributed by atoms with Crippen molar-refractivity contribution in [1.82, 2.24) is 30.0 Å². The van der Waals surface area contributed by atoms with Crippen LogP contribution in [0.3, 0.4) is 0 Å². The van der Waals surface area contributed by atoms with Gasteiger partial charge in [-0.2, -0.15) is 9.61 Å². The third-order valence-electron chi connectivity index (χ3n) is 5.68. The average molecular weight is 391 g/mol. The van der Waals surface area contributed by atoms with Crippen molar-refractivity contribution in [2.45, 2.75) is 25.2 Å². The largest absolute Gasteiger partial charge is 0.367 e. The molecule has 29 heavy (non-hydrogen) atoms. The fourth-order valence-electron chi connectivity index (χ4n) is 3.81. The molecule has 150 valence electrons. The monoisotopic (exact) mass is 391 g/mol. The summed E-state index contributed by atoms with van der Waals surface area (Å²) in [5, 5.41) is 16.2. The topological polar surface area (TPSA) is 78.7 Å². The molecule has 0 radical (unpaired) electrons. The van der Waals surface area contributed by atoms with Gasteiger partial charge in [-0.3, -0.25) is 0 Å². The molecule has 2 aromatic heterocycles. The van der Waals surface area contributed by atoms with Gasteiger partial charge in [0, 0.05) is 44.7 Å². The summed E-state index contributed by atoms with van der Waals surface area (Å²) in [6.45, 7) is 3.62. The normalized spacial score (nSPS) is 17.0. The predicted molar refractivity (Wildman–Crippen MR) is 110 cm³/mol. The zero-order valence-corrected chi connectivity index (χ0v) is 16.4. The Morgan fingerprint density at radius 3 is 2.62 bits per heavy atom. The van der Waals surface area contributed by atoms with E-state index >= 15 is 0 Å². The number of carbonyl (C=O) groups excluding carboxylic acids is 1. The van der Waals surface area contributed by atoms with Gasteiger partial charge in [0.2, 0.25) is 0 Å². The molecule has 1 N–H and O–H groups in total. The van der Waals surface area contributed by atoms with E-state index in [2.05, 4.69) is 37.6 Å². The third-order valence-corrected chi connectivity index (χ3v) is 5.68. The first-order chi connectivity index (χ1) is 14.3. The number of urea groups is 1. The zero-order chi connectivity index (χ0) is 19.6. The minimum atomic E-state index is 0.0145. The number of benzene rings is 1. The highest BCUT2D eigenvalue weighted by Crippen LogP contribution is 2.38. The summed E-state index contributed by atoms with van der Waals surface area (Å²) < 4.78 is 1.86. The van der Waals surface area contributed by atoms with Crippen molar-refractivity contribution in [1.29, 1.82) is 0 Å². The Balaban J connectivity index is 1.14. The van der Waals surface area contributed by atoms with E-state index in [0.717, 1.165) is 36.7 Å². The molecule has 2 fully saturated rings. The Bertz CT molecular complexity index is 991. The van der Waals surface area contributed by atoms with Gasteiger partial charge in [-0.05, 0) is 24.8 Å². The van der Waals surface area contributed by atoms with Gasteiger partial charge in [-0.25, -0.2) is 4.79 Å². The van der Waals surface area contributed by atoms with E-state index in [1.54, 1.807) is 0 Å². The van der Waals surface area contributed by atoms with Crippen LogP contribution in [0.15, 0.2) is 42.6 Å². The first kappa shape index (κ1) is 17.9. The highest BCUT2D eigenvalue weighted by Gasteiger charge is 2.29. The van der Waals surface area contributed by atoms with Gasteiger partial charge in [0.05, 0.1) is 11.9 Å². The van der Waals surface area contributed by atoms with Crippen LogP contribution < -0.4 is 10.2 Å². The van der Waals surface area contributed by atoms with Crippen molar-refractivity contribution in [2.24, 2.45) is 0 Å². The van der Waals surface area contributed by atoms with Gasteiger partial charge in [-0.1, -0.05) is 30.3 Å². The fraction of sp³-hybridized carbons (Fsp3) is 0.429. The SMILES string of the molecule is O=C(NCCc1ccccc1)N1CCN(c2cnn3c(C4CC4)nnc3c2)CC1. The molecule has 1 aliphatic carbocycles. The number of hydrogen-bond donors (Lipinski definition) is 1. The maximum atomic E-state index is 12.4. The lowest BCUT2D eigenvalue weighted by Crippen LogP contribution is -2.52. The summed E-state index contributed by atoms with van der Waals surface area (Å²) in [6.07, 6.45) is 5.09. The molecule has 0 spiro atoms. The Morgan fingerprint density at radius 1 is 1.07 bits per heavy atom. The average Bonchev–Trinajstić information content (AvgIpc) is 3.53. The number of piperazine rings is 1. The number of rotatable bonds is 5. The quantitative estimate of drug-likeness (QED) is 0.720. The van der Waals surface area contributed by atoms with Gasteiger partial charge >= 0.3 is 6.03 Å². The number of carbonyl (C=O) groups is 1. The molecule has 2 aliphatic rings. The molecule has 1 saturated heterocycles. The molecule has 1 saturated carbocycles. The Morgan fingerprint density at radius 2 is 1.86 bits per heavy atom. The number of anilines is 1. The highest BCUT2D eigenvalue weighted by molar-refractivity contribution is 5.74. The third kappa shape index (κ3) is 3.87. The molecule has 0 bridgehead atoms. The van der Waals surface area contributed by atoms with Crippen LogP contribution in [0.5, 0.6) is 0 Å². The van der Waals surface area contributed by atoms with E-state index in [0.29, 0.717) is 25.6 Å². The van der Waals surface area contributed by atoms with E-state index in [1.165, 1.54) is 18.4 Å². The van der Waals surface area contributed by atoms with Gasteiger partial charge in [-0.15, -0.1) is 10.2 Å². The first-order valence-corrected chi connectivity index (χ1v) is 10.3. The van der Waals surface area contributed by atoms with Crippen LogP contribution in [-0.2, 0) is 6.42 Å². The summed E-state index contributed by atoms with van der Waals surface area (Å²) in [5.41, 5.74) is 3.07. The van der Waals surface area contributed by atoms with Crippen molar-refractivity contribution < 1.29 is 4.79 Å². The highest BCUT2D eigenvalue weighted by atomic mass is 16.2. The molecule has 5 rings (SSSR count). The van der Waals surface area contributed by atoms with Crippen LogP contribution in [0.25, 0.3) is 5.65 Å². The van der Waals surface area contributed by atoms with Gasteiger partial charge in [0.15, 0.2) is 11.5 Å².